The van der Waals surface area contributed by atoms with Crippen LogP contribution in [0.3, 0.4) is 0 Å². The van der Waals surface area contributed by atoms with Gasteiger partial charge in [-0.1, -0.05) is 0 Å². The lowest BCUT2D eigenvalue weighted by atomic mass is 10.1. The Kier molecular flexibility index (Phi) is 3.45. The van der Waals surface area contributed by atoms with Crippen LogP contribution in [0.15, 0.2) is 12.1 Å². The number of alkyl halides is 2. The van der Waals surface area contributed by atoms with Crippen LogP contribution in [0.1, 0.15) is 34.7 Å². The minimum atomic E-state index is -3.12. The third kappa shape index (κ3) is 2.57. The minimum Gasteiger partial charge on any atom is -0.465 e. The maximum atomic E-state index is 13.8. The zero-order valence-electron chi connectivity index (χ0n) is 9.58. The largest absolute Gasteiger partial charge is 0.465 e. The van der Waals surface area contributed by atoms with E-state index in [4.69, 9.17) is 0 Å². The van der Waals surface area contributed by atoms with E-state index in [9.17, 15) is 18.0 Å². The number of ether oxygens (including phenoxy) is 2. The van der Waals surface area contributed by atoms with Gasteiger partial charge in [0.25, 0.3) is 0 Å². The van der Waals surface area contributed by atoms with E-state index in [-0.39, 0.29) is 5.92 Å². The van der Waals surface area contributed by atoms with Crippen LogP contribution >= 0.6 is 0 Å². The topological polar surface area (TPSA) is 35.5 Å². The molecular weight excluding hydrogens is 249 g/mol. The highest BCUT2D eigenvalue weighted by Gasteiger charge is 2.29. The van der Waals surface area contributed by atoms with Gasteiger partial charge in [0.05, 0.1) is 7.11 Å². The van der Waals surface area contributed by atoms with Crippen molar-refractivity contribution in [2.45, 2.75) is 25.4 Å². The van der Waals surface area contributed by atoms with Crippen molar-refractivity contribution in [1.29, 1.82) is 0 Å². The predicted molar refractivity (Wildman–Crippen MR) is 56.3 cm³/mol. The van der Waals surface area contributed by atoms with Crippen LogP contribution in [0.4, 0.5) is 13.2 Å². The first-order valence-corrected chi connectivity index (χ1v) is 5.39. The highest BCUT2D eigenvalue weighted by molar-refractivity contribution is 5.93. The van der Waals surface area contributed by atoms with Crippen molar-refractivity contribution in [2.75, 3.05) is 7.11 Å². The first kappa shape index (κ1) is 12.7. The predicted octanol–water partition coefficient (Wildman–Crippen LogP) is 3.09. The number of hydrogen-bond donors (Lipinski definition) is 0. The number of hydrogen-bond acceptors (Lipinski definition) is 3. The quantitative estimate of drug-likeness (QED) is 0.780. The molecule has 18 heavy (non-hydrogen) atoms. The van der Waals surface area contributed by atoms with Gasteiger partial charge in [0.2, 0.25) is 0 Å². The van der Waals surface area contributed by atoms with Crippen LogP contribution in [0.2, 0.25) is 0 Å². The molecular formula is C12H11F3O3. The molecule has 0 heterocycles. The summed E-state index contributed by atoms with van der Waals surface area (Å²) in [7, 11) is 1.04. The van der Waals surface area contributed by atoms with Gasteiger partial charge in [-0.25, -0.2) is 9.18 Å². The van der Waals surface area contributed by atoms with Gasteiger partial charge in [0, 0.05) is 0 Å². The summed E-state index contributed by atoms with van der Waals surface area (Å²) in [5.74, 6) is -2.25. The van der Waals surface area contributed by atoms with E-state index in [1.807, 2.05) is 0 Å². The molecule has 0 bridgehead atoms. The van der Waals surface area contributed by atoms with E-state index in [1.54, 1.807) is 0 Å². The Balaban J connectivity index is 2.44. The fourth-order valence-electron chi connectivity index (χ4n) is 1.74. The monoisotopic (exact) mass is 260 g/mol. The SMILES string of the molecule is COC(=O)c1c(F)cc(C2CC2)cc1OC(F)F. The van der Waals surface area contributed by atoms with Gasteiger partial charge in [-0.05, 0) is 36.5 Å². The van der Waals surface area contributed by atoms with Gasteiger partial charge in [-0.2, -0.15) is 8.78 Å². The molecule has 0 atom stereocenters. The normalized spacial score (nSPS) is 14.7. The Hall–Kier alpha value is -1.72. The molecule has 0 aromatic heterocycles. The summed E-state index contributed by atoms with van der Waals surface area (Å²) in [6.07, 6.45) is 1.76. The smallest absolute Gasteiger partial charge is 0.387 e. The summed E-state index contributed by atoms with van der Waals surface area (Å²) in [6.45, 7) is -3.12. The van der Waals surface area contributed by atoms with E-state index in [0.29, 0.717) is 5.56 Å². The second-order valence-corrected chi connectivity index (χ2v) is 4.02. The van der Waals surface area contributed by atoms with Crippen LogP contribution in [-0.2, 0) is 4.74 Å². The van der Waals surface area contributed by atoms with Crippen LogP contribution in [0.25, 0.3) is 0 Å². The minimum absolute atomic E-state index is 0.159. The van der Waals surface area contributed by atoms with Crippen LogP contribution in [-0.4, -0.2) is 19.7 Å². The average Bonchev–Trinajstić information content (AvgIpc) is 3.10. The molecule has 0 aliphatic heterocycles. The summed E-state index contributed by atoms with van der Waals surface area (Å²) in [4.78, 5) is 11.3. The molecule has 0 amide bonds. The first-order chi connectivity index (χ1) is 8.52. The molecule has 0 spiro atoms. The lowest BCUT2D eigenvalue weighted by Gasteiger charge is -2.12. The number of carbonyl (C=O) groups is 1. The molecule has 0 radical (unpaired) electrons. The van der Waals surface area contributed by atoms with Crippen molar-refractivity contribution < 1.29 is 27.4 Å². The summed E-state index contributed by atoms with van der Waals surface area (Å²) < 4.78 is 46.8. The highest BCUT2D eigenvalue weighted by atomic mass is 19.3. The van der Waals surface area contributed by atoms with Crippen molar-refractivity contribution in [3.8, 4) is 5.75 Å². The van der Waals surface area contributed by atoms with E-state index >= 15 is 0 Å². The standard InChI is InChI=1S/C12H11F3O3/c1-17-11(16)10-8(13)4-7(6-2-3-6)5-9(10)18-12(14)15/h4-6,12H,2-3H2,1H3. The lowest BCUT2D eigenvalue weighted by Crippen LogP contribution is -2.12. The van der Waals surface area contributed by atoms with Crippen molar-refractivity contribution >= 4 is 5.97 Å². The number of carbonyl (C=O) groups excluding carboxylic acids is 1. The summed E-state index contributed by atoms with van der Waals surface area (Å²) in [6, 6.07) is 2.45. The maximum absolute atomic E-state index is 13.8. The molecule has 0 N–H and O–H groups in total. The van der Waals surface area contributed by atoms with Gasteiger partial charge in [0.1, 0.15) is 17.1 Å². The van der Waals surface area contributed by atoms with Crippen molar-refractivity contribution in [2.24, 2.45) is 0 Å². The van der Waals surface area contributed by atoms with Gasteiger partial charge in [-0.15, -0.1) is 0 Å². The lowest BCUT2D eigenvalue weighted by molar-refractivity contribution is -0.0506. The summed E-state index contributed by atoms with van der Waals surface area (Å²) in [5, 5.41) is 0. The number of esters is 1. The van der Waals surface area contributed by atoms with E-state index in [1.165, 1.54) is 12.1 Å². The molecule has 1 aromatic carbocycles. The zero-order valence-corrected chi connectivity index (χ0v) is 9.58. The second kappa shape index (κ2) is 4.88. The van der Waals surface area contributed by atoms with Crippen LogP contribution in [0, 0.1) is 5.82 Å². The third-order valence-corrected chi connectivity index (χ3v) is 2.73. The van der Waals surface area contributed by atoms with Crippen LogP contribution < -0.4 is 4.74 Å². The molecule has 0 unspecified atom stereocenters. The molecule has 1 aromatic rings. The molecule has 2 rings (SSSR count). The molecule has 1 saturated carbocycles. The summed E-state index contributed by atoms with van der Waals surface area (Å²) >= 11 is 0. The maximum Gasteiger partial charge on any atom is 0.387 e. The van der Waals surface area contributed by atoms with Gasteiger partial charge in [-0.3, -0.25) is 0 Å². The zero-order chi connectivity index (χ0) is 13.3. The summed E-state index contributed by atoms with van der Waals surface area (Å²) in [5.41, 5.74) is -0.0296. The van der Waals surface area contributed by atoms with Crippen molar-refractivity contribution in [3.05, 3.63) is 29.1 Å². The first-order valence-electron chi connectivity index (χ1n) is 5.39. The molecule has 3 nitrogen and oxygen atoms in total. The van der Waals surface area contributed by atoms with Gasteiger partial charge >= 0.3 is 12.6 Å². The molecule has 1 aliphatic carbocycles. The Morgan fingerprint density at radius 3 is 2.56 bits per heavy atom. The fraction of sp³-hybridized carbons (Fsp3) is 0.417. The second-order valence-electron chi connectivity index (χ2n) is 4.02. The Labute approximate surface area is 102 Å². The Bertz CT molecular complexity index is 470. The van der Waals surface area contributed by atoms with E-state index in [2.05, 4.69) is 9.47 Å². The molecule has 98 valence electrons. The number of rotatable bonds is 4. The van der Waals surface area contributed by atoms with Gasteiger partial charge in [0.15, 0.2) is 0 Å². The molecule has 6 heteroatoms. The van der Waals surface area contributed by atoms with Crippen LogP contribution in [0.5, 0.6) is 5.75 Å². The number of methoxy groups -OCH3 is 1. The van der Waals surface area contributed by atoms with E-state index < -0.39 is 29.7 Å². The van der Waals surface area contributed by atoms with Crippen molar-refractivity contribution in [1.82, 2.24) is 0 Å². The molecule has 1 aliphatic rings. The van der Waals surface area contributed by atoms with E-state index in [0.717, 1.165) is 20.0 Å². The Morgan fingerprint density at radius 2 is 2.06 bits per heavy atom. The molecule has 0 saturated heterocycles. The number of benzene rings is 1. The third-order valence-electron chi connectivity index (χ3n) is 2.73. The fourth-order valence-corrected chi connectivity index (χ4v) is 1.74. The molecule has 1 fully saturated rings. The van der Waals surface area contributed by atoms with Crippen molar-refractivity contribution in [3.63, 3.8) is 0 Å². The van der Waals surface area contributed by atoms with Gasteiger partial charge < -0.3 is 9.47 Å². The highest BCUT2D eigenvalue weighted by Crippen LogP contribution is 2.42. The average molecular weight is 260 g/mol. The number of halogens is 3. The Morgan fingerprint density at radius 1 is 1.39 bits per heavy atom.